The van der Waals surface area contributed by atoms with Gasteiger partial charge in [-0.2, -0.15) is 0 Å². The number of hydrogen-bond acceptors (Lipinski definition) is 6. The minimum atomic E-state index is -3.73. The summed E-state index contributed by atoms with van der Waals surface area (Å²) in [5, 5.41) is 1.84. The van der Waals surface area contributed by atoms with E-state index in [1.54, 1.807) is 19.9 Å². The smallest absolute Gasteiger partial charge is 0.262 e. The normalized spacial score (nSPS) is 21.4. The number of benzene rings is 1. The minimum absolute atomic E-state index is 0.0418. The van der Waals surface area contributed by atoms with Crippen molar-refractivity contribution in [3.05, 3.63) is 17.7 Å². The first kappa shape index (κ1) is 23.0. The van der Waals surface area contributed by atoms with Crippen molar-refractivity contribution in [1.82, 2.24) is 9.80 Å². The SMILES string of the molecule is Cc1cc2c(cc1S(=O)(=O)[C@@H](C)CC(=O)N1CCN(C3CCCCC3)CC1)OCC(=O)N2. The second kappa shape index (κ2) is 9.39. The zero-order chi connectivity index (χ0) is 22.9. The third-order valence-electron chi connectivity index (χ3n) is 6.97. The molecule has 1 saturated carbocycles. The van der Waals surface area contributed by atoms with E-state index in [2.05, 4.69) is 10.2 Å². The van der Waals surface area contributed by atoms with Crippen LogP contribution >= 0.6 is 0 Å². The van der Waals surface area contributed by atoms with Gasteiger partial charge >= 0.3 is 0 Å². The number of fused-ring (bicyclic) bond motifs is 1. The maximum absolute atomic E-state index is 13.3. The third-order valence-corrected chi connectivity index (χ3v) is 9.25. The standard InChI is InChI=1S/C23H33N3O5S/c1-16-12-19-20(31-15-22(27)24-19)14-21(16)32(29,30)17(2)13-23(28)26-10-8-25(9-11-26)18-6-4-3-5-7-18/h12,14,17-18H,3-11,13,15H2,1-2H3,(H,24,27)/t17-/m0/s1. The van der Waals surface area contributed by atoms with E-state index < -0.39 is 15.1 Å². The van der Waals surface area contributed by atoms with Crippen LogP contribution in [0.1, 0.15) is 51.0 Å². The van der Waals surface area contributed by atoms with Crippen molar-refractivity contribution in [3.8, 4) is 5.75 Å². The Balaban J connectivity index is 1.38. The largest absolute Gasteiger partial charge is 0.482 e. The molecule has 8 nitrogen and oxygen atoms in total. The quantitative estimate of drug-likeness (QED) is 0.720. The second-order valence-electron chi connectivity index (χ2n) is 9.22. The van der Waals surface area contributed by atoms with Crippen LogP contribution < -0.4 is 10.1 Å². The number of sulfone groups is 1. The number of ether oxygens (including phenoxy) is 1. The molecule has 0 unspecified atom stereocenters. The first-order chi connectivity index (χ1) is 15.3. The van der Waals surface area contributed by atoms with Crippen molar-refractivity contribution < 1.29 is 22.7 Å². The molecule has 0 spiro atoms. The van der Waals surface area contributed by atoms with Gasteiger partial charge in [0.05, 0.1) is 15.8 Å². The first-order valence-electron chi connectivity index (χ1n) is 11.6. The lowest BCUT2D eigenvalue weighted by Crippen LogP contribution is -2.52. The molecule has 9 heteroatoms. The first-order valence-corrected chi connectivity index (χ1v) is 13.1. The van der Waals surface area contributed by atoms with Crippen molar-refractivity contribution >= 4 is 27.3 Å². The van der Waals surface area contributed by atoms with Crippen molar-refractivity contribution in [1.29, 1.82) is 0 Å². The van der Waals surface area contributed by atoms with Gasteiger partial charge in [0.15, 0.2) is 16.4 Å². The van der Waals surface area contributed by atoms with Crippen molar-refractivity contribution in [2.75, 3.05) is 38.1 Å². The van der Waals surface area contributed by atoms with Crippen molar-refractivity contribution in [3.63, 3.8) is 0 Å². The van der Waals surface area contributed by atoms with E-state index in [1.807, 2.05) is 4.90 Å². The number of rotatable bonds is 5. The summed E-state index contributed by atoms with van der Waals surface area (Å²) in [5.74, 6) is -0.0373. The van der Waals surface area contributed by atoms with Crippen molar-refractivity contribution in [2.24, 2.45) is 0 Å². The molecular weight excluding hydrogens is 430 g/mol. The fourth-order valence-electron chi connectivity index (χ4n) is 5.01. The Kier molecular flexibility index (Phi) is 6.76. The zero-order valence-electron chi connectivity index (χ0n) is 18.9. The molecule has 2 heterocycles. The number of nitrogens with zero attached hydrogens (tertiary/aromatic N) is 2. The van der Waals surface area contributed by atoms with Gasteiger partial charge in [-0.1, -0.05) is 19.3 Å². The summed E-state index contributed by atoms with van der Waals surface area (Å²) >= 11 is 0. The summed E-state index contributed by atoms with van der Waals surface area (Å²) in [7, 11) is -3.73. The summed E-state index contributed by atoms with van der Waals surface area (Å²) in [6, 6.07) is 3.71. The molecule has 3 aliphatic rings. The van der Waals surface area contributed by atoms with Crippen LogP contribution in [0.2, 0.25) is 0 Å². The number of carbonyl (C=O) groups is 2. The van der Waals surface area contributed by atoms with Crippen LogP contribution in [-0.4, -0.2) is 74.1 Å². The molecule has 0 aromatic heterocycles. The van der Waals surface area contributed by atoms with E-state index in [0.717, 1.165) is 13.1 Å². The lowest BCUT2D eigenvalue weighted by molar-refractivity contribution is -0.133. The van der Waals surface area contributed by atoms with E-state index in [-0.39, 0.29) is 29.7 Å². The van der Waals surface area contributed by atoms with Crippen molar-refractivity contribution in [2.45, 2.75) is 68.6 Å². The molecule has 4 rings (SSSR count). The molecule has 176 valence electrons. The predicted octanol–water partition coefficient (Wildman–Crippen LogP) is 2.36. The fourth-order valence-corrected chi connectivity index (χ4v) is 6.58. The summed E-state index contributed by atoms with van der Waals surface area (Å²) in [6.45, 7) is 6.19. The van der Waals surface area contributed by atoms with Gasteiger partial charge in [-0.05, 0) is 38.3 Å². The second-order valence-corrected chi connectivity index (χ2v) is 11.6. The highest BCUT2D eigenvalue weighted by Gasteiger charge is 2.32. The molecule has 1 aromatic rings. The Morgan fingerprint density at radius 3 is 2.53 bits per heavy atom. The van der Waals surface area contributed by atoms with Gasteiger partial charge in [0.1, 0.15) is 5.75 Å². The highest BCUT2D eigenvalue weighted by atomic mass is 32.2. The number of carbonyl (C=O) groups excluding carboxylic acids is 2. The number of piperazine rings is 1. The maximum Gasteiger partial charge on any atom is 0.262 e. The number of nitrogens with one attached hydrogen (secondary N) is 1. The van der Waals surface area contributed by atoms with Crippen LogP contribution in [0.5, 0.6) is 5.75 Å². The Morgan fingerprint density at radius 2 is 1.84 bits per heavy atom. The van der Waals surface area contributed by atoms with E-state index in [9.17, 15) is 18.0 Å². The Hall–Kier alpha value is -2.13. The predicted molar refractivity (Wildman–Crippen MR) is 122 cm³/mol. The molecule has 2 aliphatic heterocycles. The average molecular weight is 464 g/mol. The average Bonchev–Trinajstić information content (AvgIpc) is 2.79. The molecule has 1 N–H and O–H groups in total. The molecule has 1 saturated heterocycles. The Bertz CT molecular complexity index is 980. The maximum atomic E-state index is 13.3. The summed E-state index contributed by atoms with van der Waals surface area (Å²) in [4.78, 5) is 28.9. The minimum Gasteiger partial charge on any atom is -0.482 e. The van der Waals surface area contributed by atoms with Gasteiger partial charge in [-0.15, -0.1) is 0 Å². The van der Waals surface area contributed by atoms with Gasteiger partial charge in [-0.3, -0.25) is 14.5 Å². The van der Waals surface area contributed by atoms with Crippen LogP contribution in [0.3, 0.4) is 0 Å². The van der Waals surface area contributed by atoms with Crippen LogP contribution in [0.15, 0.2) is 17.0 Å². The zero-order valence-corrected chi connectivity index (χ0v) is 19.7. The molecule has 0 bridgehead atoms. The number of aryl methyl sites for hydroxylation is 1. The molecule has 1 atom stereocenters. The molecule has 1 aromatic carbocycles. The van der Waals surface area contributed by atoms with Crippen LogP contribution in [0, 0.1) is 6.92 Å². The van der Waals surface area contributed by atoms with Gasteiger partial charge in [0.25, 0.3) is 5.91 Å². The number of amides is 2. The van der Waals surface area contributed by atoms with Crippen LogP contribution in [-0.2, 0) is 19.4 Å². The van der Waals surface area contributed by atoms with Gasteiger partial charge in [0.2, 0.25) is 5.91 Å². The van der Waals surface area contributed by atoms with Crippen LogP contribution in [0.4, 0.5) is 5.69 Å². The molecule has 2 fully saturated rings. The molecular formula is C23H33N3O5S. The Morgan fingerprint density at radius 1 is 1.16 bits per heavy atom. The fraction of sp³-hybridized carbons (Fsp3) is 0.652. The number of hydrogen-bond donors (Lipinski definition) is 1. The monoisotopic (exact) mass is 463 g/mol. The lowest BCUT2D eigenvalue weighted by atomic mass is 9.94. The summed E-state index contributed by atoms with van der Waals surface area (Å²) in [5.41, 5.74) is 0.993. The third kappa shape index (κ3) is 4.78. The molecule has 0 radical (unpaired) electrons. The molecule has 2 amide bonds. The van der Waals surface area contributed by atoms with E-state index in [1.165, 1.54) is 38.2 Å². The van der Waals surface area contributed by atoms with Gasteiger partial charge < -0.3 is 15.0 Å². The molecule has 1 aliphatic carbocycles. The Labute approximate surface area is 190 Å². The highest BCUT2D eigenvalue weighted by molar-refractivity contribution is 7.92. The van der Waals surface area contributed by atoms with E-state index in [4.69, 9.17) is 4.74 Å². The highest BCUT2D eigenvalue weighted by Crippen LogP contribution is 2.34. The molecule has 32 heavy (non-hydrogen) atoms. The van der Waals surface area contributed by atoms with E-state index >= 15 is 0 Å². The topological polar surface area (TPSA) is 96.0 Å². The summed E-state index contributed by atoms with van der Waals surface area (Å²) < 4.78 is 31.9. The summed E-state index contributed by atoms with van der Waals surface area (Å²) in [6.07, 6.45) is 6.36. The van der Waals surface area contributed by atoms with Gasteiger partial charge in [-0.25, -0.2) is 8.42 Å². The lowest BCUT2D eigenvalue weighted by Gasteiger charge is -2.41. The van der Waals surface area contributed by atoms with E-state index in [0.29, 0.717) is 36.1 Å². The van der Waals surface area contributed by atoms with Crippen LogP contribution in [0.25, 0.3) is 0 Å². The number of anilines is 1. The van der Waals surface area contributed by atoms with Gasteiger partial charge in [0, 0.05) is 44.7 Å².